The van der Waals surface area contributed by atoms with Gasteiger partial charge in [-0.15, -0.1) is 10.2 Å². The van der Waals surface area contributed by atoms with Gasteiger partial charge in [-0.25, -0.2) is 8.42 Å². The number of sulfonamides is 1. The number of fused-ring (bicyclic) bond motifs is 2. The summed E-state index contributed by atoms with van der Waals surface area (Å²) in [6.07, 6.45) is 3.01. The molecule has 0 fully saturated rings. The van der Waals surface area contributed by atoms with Gasteiger partial charge < -0.3 is 9.47 Å². The molecule has 138 valence electrons. The third-order valence-corrected chi connectivity index (χ3v) is 6.97. The smallest absolute Gasteiger partial charge is 0.291 e. The van der Waals surface area contributed by atoms with Gasteiger partial charge >= 0.3 is 0 Å². The number of hydrogen-bond donors (Lipinski definition) is 0. The Bertz CT molecular complexity index is 982. The molecule has 1 aromatic heterocycles. The van der Waals surface area contributed by atoms with Crippen LogP contribution in [0, 0.1) is 0 Å². The second kappa shape index (κ2) is 6.17. The van der Waals surface area contributed by atoms with Gasteiger partial charge in [0.2, 0.25) is 15.8 Å². The van der Waals surface area contributed by atoms with E-state index in [1.54, 1.807) is 28.6 Å². The van der Waals surface area contributed by atoms with E-state index in [9.17, 15) is 13.2 Å². The molecule has 0 spiro atoms. The SMILES string of the molecule is CN1CCn2c(CN(C)S(=O)(=O)c3ccc4c(c3)CCC4)nnc2C1=O. The van der Waals surface area contributed by atoms with Gasteiger partial charge in [0.1, 0.15) is 5.82 Å². The van der Waals surface area contributed by atoms with E-state index in [2.05, 4.69) is 10.2 Å². The number of nitrogens with zero attached hydrogens (tertiary/aromatic N) is 5. The Balaban J connectivity index is 1.59. The largest absolute Gasteiger partial charge is 0.337 e. The Morgan fingerprint density at radius 3 is 2.73 bits per heavy atom. The summed E-state index contributed by atoms with van der Waals surface area (Å²) in [5.74, 6) is 0.546. The van der Waals surface area contributed by atoms with Gasteiger partial charge in [0.05, 0.1) is 11.4 Å². The van der Waals surface area contributed by atoms with E-state index in [1.165, 1.54) is 16.9 Å². The van der Waals surface area contributed by atoms with Crippen LogP contribution in [0.3, 0.4) is 0 Å². The molecular weight excluding hydrogens is 354 g/mol. The monoisotopic (exact) mass is 375 g/mol. The first kappa shape index (κ1) is 17.2. The molecule has 2 heterocycles. The molecule has 0 saturated heterocycles. The molecule has 0 saturated carbocycles. The number of aryl methyl sites for hydroxylation is 2. The lowest BCUT2D eigenvalue weighted by atomic mass is 10.1. The van der Waals surface area contributed by atoms with Crippen molar-refractivity contribution in [2.75, 3.05) is 20.6 Å². The number of amides is 1. The maximum atomic E-state index is 12.9. The molecule has 1 amide bonds. The molecule has 26 heavy (non-hydrogen) atoms. The highest BCUT2D eigenvalue weighted by Gasteiger charge is 2.29. The van der Waals surface area contributed by atoms with Crippen molar-refractivity contribution in [1.82, 2.24) is 24.0 Å². The van der Waals surface area contributed by atoms with Gasteiger partial charge in [-0.1, -0.05) is 6.07 Å². The molecule has 2 aliphatic rings. The zero-order valence-corrected chi connectivity index (χ0v) is 15.7. The first-order chi connectivity index (χ1) is 12.4. The zero-order chi connectivity index (χ0) is 18.5. The molecule has 1 aliphatic carbocycles. The van der Waals surface area contributed by atoms with Crippen LogP contribution in [0.25, 0.3) is 0 Å². The average Bonchev–Trinajstić information content (AvgIpc) is 3.24. The fourth-order valence-corrected chi connectivity index (χ4v) is 4.72. The van der Waals surface area contributed by atoms with Crippen LogP contribution in [0.2, 0.25) is 0 Å². The fourth-order valence-electron chi connectivity index (χ4n) is 3.54. The van der Waals surface area contributed by atoms with Crippen LogP contribution in [-0.2, 0) is 36.0 Å². The summed E-state index contributed by atoms with van der Waals surface area (Å²) in [5.41, 5.74) is 2.36. The molecular formula is C17H21N5O3S. The number of carbonyl (C=O) groups excluding carboxylic acids is 1. The Morgan fingerprint density at radius 2 is 1.92 bits per heavy atom. The lowest BCUT2D eigenvalue weighted by Gasteiger charge is -2.24. The number of hydrogen-bond acceptors (Lipinski definition) is 5. The second-order valence-electron chi connectivity index (χ2n) is 6.86. The van der Waals surface area contributed by atoms with E-state index in [-0.39, 0.29) is 18.3 Å². The second-order valence-corrected chi connectivity index (χ2v) is 8.91. The number of carbonyl (C=O) groups is 1. The van der Waals surface area contributed by atoms with Crippen LogP contribution < -0.4 is 0 Å². The molecule has 0 radical (unpaired) electrons. The third kappa shape index (κ3) is 2.71. The molecule has 0 bridgehead atoms. The number of rotatable bonds is 4. The summed E-state index contributed by atoms with van der Waals surface area (Å²) in [6.45, 7) is 1.19. The van der Waals surface area contributed by atoms with Gasteiger partial charge in [-0.2, -0.15) is 4.31 Å². The minimum Gasteiger partial charge on any atom is -0.337 e. The molecule has 2 aromatic rings. The van der Waals surface area contributed by atoms with Crippen molar-refractivity contribution in [3.8, 4) is 0 Å². The summed E-state index contributed by atoms with van der Waals surface area (Å²) >= 11 is 0. The molecule has 9 heteroatoms. The van der Waals surface area contributed by atoms with E-state index < -0.39 is 10.0 Å². The van der Waals surface area contributed by atoms with Crippen molar-refractivity contribution in [3.63, 3.8) is 0 Å². The summed E-state index contributed by atoms with van der Waals surface area (Å²) in [4.78, 5) is 14.0. The molecule has 1 aliphatic heterocycles. The van der Waals surface area contributed by atoms with E-state index in [0.29, 0.717) is 23.8 Å². The van der Waals surface area contributed by atoms with E-state index in [0.717, 1.165) is 24.8 Å². The fraction of sp³-hybridized carbons (Fsp3) is 0.471. The topological polar surface area (TPSA) is 88.4 Å². The zero-order valence-electron chi connectivity index (χ0n) is 14.8. The lowest BCUT2D eigenvalue weighted by Crippen LogP contribution is -2.38. The highest BCUT2D eigenvalue weighted by molar-refractivity contribution is 7.89. The maximum Gasteiger partial charge on any atom is 0.291 e. The quantitative estimate of drug-likeness (QED) is 0.784. The van der Waals surface area contributed by atoms with Crippen LogP contribution >= 0.6 is 0 Å². The van der Waals surface area contributed by atoms with Gasteiger partial charge in [0.25, 0.3) is 5.91 Å². The number of likely N-dealkylation sites (N-methyl/N-ethyl adjacent to an activating group) is 1. The van der Waals surface area contributed by atoms with Crippen LogP contribution in [-0.4, -0.2) is 58.9 Å². The summed E-state index contributed by atoms with van der Waals surface area (Å²) in [7, 11) is -0.389. The Kier molecular flexibility index (Phi) is 4.07. The summed E-state index contributed by atoms with van der Waals surface area (Å²) in [6, 6.07) is 5.37. The molecule has 1 aromatic carbocycles. The van der Waals surface area contributed by atoms with E-state index in [1.807, 2.05) is 6.07 Å². The average molecular weight is 375 g/mol. The lowest BCUT2D eigenvalue weighted by molar-refractivity contribution is 0.0740. The highest BCUT2D eigenvalue weighted by atomic mass is 32.2. The molecule has 0 atom stereocenters. The highest BCUT2D eigenvalue weighted by Crippen LogP contribution is 2.26. The first-order valence-corrected chi connectivity index (χ1v) is 10.1. The molecule has 8 nitrogen and oxygen atoms in total. The third-order valence-electron chi connectivity index (χ3n) is 5.17. The van der Waals surface area contributed by atoms with Crippen LogP contribution in [0.1, 0.15) is 34.0 Å². The Hall–Kier alpha value is -2.26. The maximum absolute atomic E-state index is 12.9. The van der Waals surface area contributed by atoms with Crippen molar-refractivity contribution >= 4 is 15.9 Å². The molecule has 0 N–H and O–H groups in total. The predicted molar refractivity (Wildman–Crippen MR) is 94.1 cm³/mol. The van der Waals surface area contributed by atoms with Crippen molar-refractivity contribution in [1.29, 1.82) is 0 Å². The first-order valence-electron chi connectivity index (χ1n) is 8.63. The minimum atomic E-state index is -3.63. The van der Waals surface area contributed by atoms with Crippen LogP contribution in [0.5, 0.6) is 0 Å². The van der Waals surface area contributed by atoms with Crippen LogP contribution in [0.4, 0.5) is 0 Å². The van der Waals surface area contributed by atoms with Crippen molar-refractivity contribution < 1.29 is 13.2 Å². The predicted octanol–water partition coefficient (Wildman–Crippen LogP) is 0.673. The Morgan fingerprint density at radius 1 is 1.15 bits per heavy atom. The van der Waals surface area contributed by atoms with Crippen molar-refractivity contribution in [2.45, 2.75) is 37.2 Å². The van der Waals surface area contributed by atoms with Crippen LogP contribution in [0.15, 0.2) is 23.1 Å². The van der Waals surface area contributed by atoms with Gasteiger partial charge in [0, 0.05) is 27.2 Å². The minimum absolute atomic E-state index is 0.0728. The molecule has 4 rings (SSSR count). The van der Waals surface area contributed by atoms with E-state index in [4.69, 9.17) is 0 Å². The van der Waals surface area contributed by atoms with Crippen molar-refractivity contribution in [3.05, 3.63) is 41.0 Å². The van der Waals surface area contributed by atoms with Gasteiger partial charge in [0.15, 0.2) is 0 Å². The van der Waals surface area contributed by atoms with Crippen molar-refractivity contribution in [2.24, 2.45) is 0 Å². The Labute approximate surface area is 152 Å². The number of aromatic nitrogens is 3. The number of benzene rings is 1. The molecule has 0 unspecified atom stereocenters. The van der Waals surface area contributed by atoms with Gasteiger partial charge in [-0.3, -0.25) is 4.79 Å². The normalized spacial score (nSPS) is 16.9. The summed E-state index contributed by atoms with van der Waals surface area (Å²) < 4.78 is 28.8. The summed E-state index contributed by atoms with van der Waals surface area (Å²) in [5, 5.41) is 7.99. The van der Waals surface area contributed by atoms with E-state index >= 15 is 0 Å². The van der Waals surface area contributed by atoms with Gasteiger partial charge in [-0.05, 0) is 42.5 Å². The standard InChI is InChI=1S/C17H21N5O3S/c1-20-8-9-22-15(18-19-16(22)17(20)23)11-21(2)26(24,25)14-7-6-12-4-3-5-13(12)10-14/h6-7,10H,3-5,8-9,11H2,1-2H3.